The van der Waals surface area contributed by atoms with E-state index in [0.29, 0.717) is 17.1 Å². The molecular weight excluding hydrogens is 287 g/mol. The Labute approximate surface area is 127 Å². The maximum atomic E-state index is 13.1. The number of rotatable bonds is 5. The van der Waals surface area contributed by atoms with Crippen LogP contribution in [0.15, 0.2) is 36.5 Å². The third-order valence-electron chi connectivity index (χ3n) is 3.07. The van der Waals surface area contributed by atoms with Gasteiger partial charge in [0.2, 0.25) is 11.8 Å². The van der Waals surface area contributed by atoms with Gasteiger partial charge in [0.25, 0.3) is 0 Å². The van der Waals surface area contributed by atoms with E-state index in [0.717, 1.165) is 5.56 Å². The molecule has 0 aliphatic heterocycles. The lowest BCUT2D eigenvalue weighted by atomic mass is 10.1. The van der Waals surface area contributed by atoms with Gasteiger partial charge < -0.3 is 15.2 Å². The van der Waals surface area contributed by atoms with Crippen molar-refractivity contribution in [2.24, 2.45) is 0 Å². The molecular formula is C16H17FN2O3. The van der Waals surface area contributed by atoms with Crippen LogP contribution in [-0.2, 0) is 4.79 Å². The quantitative estimate of drug-likeness (QED) is 0.890. The monoisotopic (exact) mass is 304 g/mol. The average Bonchev–Trinajstić information content (AvgIpc) is 2.47. The summed E-state index contributed by atoms with van der Waals surface area (Å²) in [6.45, 7) is 1.84. The lowest BCUT2D eigenvalue weighted by molar-refractivity contribution is -0.118. The number of aliphatic hydroxyl groups excluding tert-OH is 1. The first-order valence-corrected chi connectivity index (χ1v) is 6.73. The summed E-state index contributed by atoms with van der Waals surface area (Å²) in [5.41, 5.74) is 1.64. The molecule has 6 heteroatoms. The first-order valence-electron chi connectivity index (χ1n) is 6.73. The van der Waals surface area contributed by atoms with E-state index in [2.05, 4.69) is 10.3 Å². The van der Waals surface area contributed by atoms with Crippen LogP contribution in [0.5, 0.6) is 5.88 Å². The first-order chi connectivity index (χ1) is 10.5. The molecule has 0 saturated heterocycles. The summed E-state index contributed by atoms with van der Waals surface area (Å²) in [5.74, 6) is -0.580. The molecule has 0 aliphatic rings. The van der Waals surface area contributed by atoms with Crippen molar-refractivity contribution in [1.82, 2.24) is 4.98 Å². The van der Waals surface area contributed by atoms with Crippen molar-refractivity contribution in [2.75, 3.05) is 12.4 Å². The molecule has 1 amide bonds. The summed E-state index contributed by atoms with van der Waals surface area (Å²) in [7, 11) is 1.45. The fourth-order valence-electron chi connectivity index (χ4n) is 2.02. The van der Waals surface area contributed by atoms with Crippen molar-refractivity contribution in [2.45, 2.75) is 19.4 Å². The third kappa shape index (κ3) is 4.02. The molecule has 0 saturated carbocycles. The minimum absolute atomic E-state index is 0.194. The maximum absolute atomic E-state index is 13.1. The number of hydrogen-bond acceptors (Lipinski definition) is 4. The van der Waals surface area contributed by atoms with Gasteiger partial charge in [-0.05, 0) is 36.2 Å². The number of carbonyl (C=O) groups is 1. The summed E-state index contributed by atoms with van der Waals surface area (Å²) >= 11 is 0. The molecule has 1 aromatic heterocycles. The Balaban J connectivity index is 2.05. The molecule has 0 bridgehead atoms. The normalized spacial score (nSPS) is 11.8. The largest absolute Gasteiger partial charge is 0.480 e. The number of aliphatic hydroxyl groups is 1. The number of amides is 1. The minimum atomic E-state index is -1.08. The molecule has 5 nitrogen and oxygen atoms in total. The molecule has 2 N–H and O–H groups in total. The van der Waals surface area contributed by atoms with E-state index in [9.17, 15) is 14.3 Å². The number of halogens is 1. The van der Waals surface area contributed by atoms with Gasteiger partial charge in [-0.15, -0.1) is 0 Å². The zero-order chi connectivity index (χ0) is 16.1. The fourth-order valence-corrected chi connectivity index (χ4v) is 2.02. The van der Waals surface area contributed by atoms with Crippen LogP contribution in [-0.4, -0.2) is 23.1 Å². The number of carbonyl (C=O) groups excluding carboxylic acids is 1. The summed E-state index contributed by atoms with van der Waals surface area (Å²) in [6, 6.07) is 7.25. The van der Waals surface area contributed by atoms with Crippen LogP contribution < -0.4 is 10.1 Å². The summed E-state index contributed by atoms with van der Waals surface area (Å²) in [6.07, 6.45) is 0.343. The van der Waals surface area contributed by atoms with Gasteiger partial charge in [-0.2, -0.15) is 0 Å². The summed E-state index contributed by atoms with van der Waals surface area (Å²) in [5, 5.41) is 12.6. The van der Waals surface area contributed by atoms with Crippen LogP contribution in [0.25, 0.3) is 0 Å². The van der Waals surface area contributed by atoms with Crippen LogP contribution in [0.3, 0.4) is 0 Å². The van der Waals surface area contributed by atoms with Crippen molar-refractivity contribution in [3.63, 3.8) is 0 Å². The molecule has 2 aromatic rings. The van der Waals surface area contributed by atoms with Gasteiger partial charge >= 0.3 is 0 Å². The standard InChI is InChI=1S/C16H17FN2O3/c1-10-6-13(16(22-2)18-9-10)19-15(21)8-14(20)11-4-3-5-12(17)7-11/h3-7,9,14,20H,8H2,1-2H3,(H,19,21). The highest BCUT2D eigenvalue weighted by atomic mass is 19.1. The van der Waals surface area contributed by atoms with Crippen molar-refractivity contribution in [1.29, 1.82) is 0 Å². The molecule has 1 heterocycles. The summed E-state index contributed by atoms with van der Waals surface area (Å²) in [4.78, 5) is 16.1. The van der Waals surface area contributed by atoms with Crippen molar-refractivity contribution >= 4 is 11.6 Å². The Morgan fingerprint density at radius 3 is 2.91 bits per heavy atom. The Hall–Kier alpha value is -2.47. The zero-order valence-electron chi connectivity index (χ0n) is 12.3. The van der Waals surface area contributed by atoms with Gasteiger partial charge in [-0.3, -0.25) is 4.79 Å². The number of pyridine rings is 1. The Morgan fingerprint density at radius 2 is 2.23 bits per heavy atom. The smallest absolute Gasteiger partial charge is 0.237 e. The van der Waals surface area contributed by atoms with Crippen LogP contribution in [0, 0.1) is 12.7 Å². The second-order valence-corrected chi connectivity index (χ2v) is 4.89. The van der Waals surface area contributed by atoms with Crippen molar-refractivity contribution < 1.29 is 19.0 Å². The van der Waals surface area contributed by atoms with Crippen molar-refractivity contribution in [3.8, 4) is 5.88 Å². The molecule has 0 aliphatic carbocycles. The van der Waals surface area contributed by atoms with Gasteiger partial charge in [0.05, 0.1) is 19.6 Å². The molecule has 1 atom stereocenters. The number of aromatic nitrogens is 1. The fraction of sp³-hybridized carbons (Fsp3) is 0.250. The lowest BCUT2D eigenvalue weighted by Gasteiger charge is -2.13. The highest BCUT2D eigenvalue weighted by molar-refractivity contribution is 5.92. The van der Waals surface area contributed by atoms with Gasteiger partial charge in [0.15, 0.2) is 0 Å². The Kier molecular flexibility index (Phi) is 5.06. The minimum Gasteiger partial charge on any atom is -0.480 e. The SMILES string of the molecule is COc1ncc(C)cc1NC(=O)CC(O)c1cccc(F)c1. The van der Waals surface area contributed by atoms with E-state index in [-0.39, 0.29) is 6.42 Å². The van der Waals surface area contributed by atoms with Gasteiger partial charge in [0, 0.05) is 6.20 Å². The molecule has 1 aromatic carbocycles. The van der Waals surface area contributed by atoms with Crippen LogP contribution >= 0.6 is 0 Å². The second kappa shape index (κ2) is 7.00. The topological polar surface area (TPSA) is 71.5 Å². The van der Waals surface area contributed by atoms with E-state index in [1.807, 2.05) is 6.92 Å². The lowest BCUT2D eigenvalue weighted by Crippen LogP contribution is -2.16. The van der Waals surface area contributed by atoms with Crippen LogP contribution in [0.1, 0.15) is 23.7 Å². The van der Waals surface area contributed by atoms with Gasteiger partial charge in [0.1, 0.15) is 11.5 Å². The van der Waals surface area contributed by atoms with E-state index < -0.39 is 17.8 Å². The van der Waals surface area contributed by atoms with Crippen LogP contribution in [0.4, 0.5) is 10.1 Å². The summed E-state index contributed by atoms with van der Waals surface area (Å²) < 4.78 is 18.2. The second-order valence-electron chi connectivity index (χ2n) is 4.89. The number of aryl methyl sites for hydroxylation is 1. The average molecular weight is 304 g/mol. The number of ether oxygens (including phenoxy) is 1. The maximum Gasteiger partial charge on any atom is 0.237 e. The van der Waals surface area contributed by atoms with E-state index in [1.54, 1.807) is 18.3 Å². The Morgan fingerprint density at radius 1 is 1.45 bits per heavy atom. The van der Waals surface area contributed by atoms with Gasteiger partial charge in [-0.25, -0.2) is 9.37 Å². The highest BCUT2D eigenvalue weighted by Gasteiger charge is 2.15. The number of anilines is 1. The van der Waals surface area contributed by atoms with Crippen LogP contribution in [0.2, 0.25) is 0 Å². The molecule has 22 heavy (non-hydrogen) atoms. The van der Waals surface area contributed by atoms with E-state index in [4.69, 9.17) is 4.74 Å². The van der Waals surface area contributed by atoms with E-state index >= 15 is 0 Å². The molecule has 0 radical (unpaired) electrons. The number of nitrogens with one attached hydrogen (secondary N) is 1. The first kappa shape index (κ1) is 15.9. The molecule has 0 spiro atoms. The molecule has 0 fully saturated rings. The molecule has 1 unspecified atom stereocenters. The van der Waals surface area contributed by atoms with E-state index in [1.165, 1.54) is 25.3 Å². The number of methoxy groups -OCH3 is 1. The van der Waals surface area contributed by atoms with Gasteiger partial charge in [-0.1, -0.05) is 12.1 Å². The number of hydrogen-bond donors (Lipinski definition) is 2. The molecule has 2 rings (SSSR count). The molecule has 116 valence electrons. The number of nitrogens with zero attached hydrogens (tertiary/aromatic N) is 1. The number of benzene rings is 1. The Bertz CT molecular complexity index is 676. The third-order valence-corrected chi connectivity index (χ3v) is 3.07. The predicted octanol–water partition coefficient (Wildman–Crippen LogP) is 2.60. The zero-order valence-corrected chi connectivity index (χ0v) is 12.3. The highest BCUT2D eigenvalue weighted by Crippen LogP contribution is 2.24. The predicted molar refractivity (Wildman–Crippen MR) is 80.1 cm³/mol. The van der Waals surface area contributed by atoms with Crippen molar-refractivity contribution in [3.05, 3.63) is 53.5 Å².